The molecule has 0 unspecified atom stereocenters. The first-order valence-electron chi connectivity index (χ1n) is 6.86. The SMILES string of the molecule is CC(=O)n1cc(/C=C(\C)c2ccncc2)c2ccccc21. The van der Waals surface area contributed by atoms with Crippen molar-refractivity contribution < 1.29 is 4.79 Å². The van der Waals surface area contributed by atoms with Gasteiger partial charge in [-0.25, -0.2) is 0 Å². The lowest BCUT2D eigenvalue weighted by Crippen LogP contribution is -2.02. The summed E-state index contributed by atoms with van der Waals surface area (Å²) in [6.07, 6.45) is 7.58. The van der Waals surface area contributed by atoms with Gasteiger partial charge in [0.05, 0.1) is 5.52 Å². The highest BCUT2D eigenvalue weighted by molar-refractivity contribution is 5.99. The Morgan fingerprint density at radius 1 is 1.10 bits per heavy atom. The monoisotopic (exact) mass is 276 g/mol. The van der Waals surface area contributed by atoms with Gasteiger partial charge in [0.1, 0.15) is 0 Å². The number of pyridine rings is 1. The Morgan fingerprint density at radius 3 is 2.52 bits per heavy atom. The fourth-order valence-electron chi connectivity index (χ4n) is 2.51. The number of benzene rings is 1. The minimum Gasteiger partial charge on any atom is -0.287 e. The Hall–Kier alpha value is -2.68. The summed E-state index contributed by atoms with van der Waals surface area (Å²) >= 11 is 0. The number of aromatic nitrogens is 2. The largest absolute Gasteiger partial charge is 0.287 e. The van der Waals surface area contributed by atoms with Crippen molar-refractivity contribution in [2.75, 3.05) is 0 Å². The van der Waals surface area contributed by atoms with Crippen molar-refractivity contribution in [2.24, 2.45) is 0 Å². The molecule has 3 heteroatoms. The lowest BCUT2D eigenvalue weighted by molar-refractivity contribution is 0.0941. The molecule has 21 heavy (non-hydrogen) atoms. The third kappa shape index (κ3) is 2.50. The molecule has 0 N–H and O–H groups in total. The molecule has 1 aromatic carbocycles. The van der Waals surface area contributed by atoms with Crippen LogP contribution in [0.25, 0.3) is 22.6 Å². The minimum atomic E-state index is 0.0208. The Labute approximate surface area is 123 Å². The van der Waals surface area contributed by atoms with Crippen molar-refractivity contribution in [2.45, 2.75) is 13.8 Å². The predicted octanol–water partition coefficient (Wildman–Crippen LogP) is 4.26. The van der Waals surface area contributed by atoms with Crippen LogP contribution in [0.3, 0.4) is 0 Å². The number of allylic oxidation sites excluding steroid dienone is 1. The van der Waals surface area contributed by atoms with Crippen LogP contribution >= 0.6 is 0 Å². The zero-order valence-corrected chi connectivity index (χ0v) is 12.1. The standard InChI is InChI=1S/C18H16N2O/c1-13(15-7-9-19-10-8-15)11-16-12-20(14(2)21)18-6-4-3-5-17(16)18/h3-12H,1-2H3/b13-11+. The molecule has 0 fully saturated rings. The Balaban J connectivity index is 2.15. The number of carbonyl (C=O) groups is 1. The molecule has 0 aliphatic carbocycles. The van der Waals surface area contributed by atoms with E-state index in [-0.39, 0.29) is 5.91 Å². The molecule has 0 bridgehead atoms. The van der Waals surface area contributed by atoms with Gasteiger partial charge >= 0.3 is 0 Å². The summed E-state index contributed by atoms with van der Waals surface area (Å²) in [5, 5.41) is 1.08. The highest BCUT2D eigenvalue weighted by Gasteiger charge is 2.09. The number of hydrogen-bond donors (Lipinski definition) is 0. The predicted molar refractivity (Wildman–Crippen MR) is 86.0 cm³/mol. The molecule has 2 aromatic heterocycles. The Bertz CT molecular complexity index is 829. The third-order valence-electron chi connectivity index (χ3n) is 3.59. The van der Waals surface area contributed by atoms with E-state index in [0.29, 0.717) is 0 Å². The van der Waals surface area contributed by atoms with Gasteiger partial charge in [-0.3, -0.25) is 14.3 Å². The van der Waals surface area contributed by atoms with Crippen molar-refractivity contribution in [3.05, 3.63) is 66.1 Å². The van der Waals surface area contributed by atoms with Crippen LogP contribution in [0.5, 0.6) is 0 Å². The van der Waals surface area contributed by atoms with Crippen molar-refractivity contribution in [1.29, 1.82) is 0 Å². The minimum absolute atomic E-state index is 0.0208. The maximum atomic E-state index is 11.8. The van der Waals surface area contributed by atoms with Crippen LogP contribution in [0.1, 0.15) is 29.8 Å². The first-order chi connectivity index (χ1) is 10.2. The second-order valence-corrected chi connectivity index (χ2v) is 5.05. The molecule has 0 aliphatic rings. The number of rotatable bonds is 2. The molecule has 0 spiro atoms. The topological polar surface area (TPSA) is 34.9 Å². The van der Waals surface area contributed by atoms with Gasteiger partial charge in [0, 0.05) is 36.5 Å². The molecule has 0 saturated heterocycles. The second kappa shape index (κ2) is 5.37. The van der Waals surface area contributed by atoms with Crippen LogP contribution in [0.15, 0.2) is 55.0 Å². The number of nitrogens with zero attached hydrogens (tertiary/aromatic N) is 2. The summed E-state index contributed by atoms with van der Waals surface area (Å²) < 4.78 is 1.70. The first kappa shape index (κ1) is 13.3. The molecule has 3 rings (SSSR count). The van der Waals surface area contributed by atoms with E-state index in [1.54, 1.807) is 23.9 Å². The van der Waals surface area contributed by atoms with Crippen molar-refractivity contribution >= 4 is 28.5 Å². The van der Waals surface area contributed by atoms with E-state index in [1.807, 2.05) is 42.6 Å². The van der Waals surface area contributed by atoms with Gasteiger partial charge in [-0.15, -0.1) is 0 Å². The molecule has 0 radical (unpaired) electrons. The molecule has 0 atom stereocenters. The summed E-state index contributed by atoms with van der Waals surface area (Å²) in [5.41, 5.74) is 4.27. The Morgan fingerprint density at radius 2 is 1.81 bits per heavy atom. The lowest BCUT2D eigenvalue weighted by Gasteiger charge is -2.00. The fourth-order valence-corrected chi connectivity index (χ4v) is 2.51. The zero-order valence-electron chi connectivity index (χ0n) is 12.1. The smallest absolute Gasteiger partial charge is 0.227 e. The summed E-state index contributed by atoms with van der Waals surface area (Å²) in [7, 11) is 0. The highest BCUT2D eigenvalue weighted by atomic mass is 16.1. The average Bonchev–Trinajstić information content (AvgIpc) is 2.87. The second-order valence-electron chi connectivity index (χ2n) is 5.05. The van der Waals surface area contributed by atoms with E-state index in [4.69, 9.17) is 0 Å². The van der Waals surface area contributed by atoms with E-state index in [2.05, 4.69) is 18.0 Å². The summed E-state index contributed by atoms with van der Waals surface area (Å²) in [5.74, 6) is 0.0208. The molecule has 104 valence electrons. The van der Waals surface area contributed by atoms with E-state index < -0.39 is 0 Å². The van der Waals surface area contributed by atoms with Crippen LogP contribution in [0.2, 0.25) is 0 Å². The van der Waals surface area contributed by atoms with E-state index in [0.717, 1.165) is 27.6 Å². The molecule has 3 nitrogen and oxygen atoms in total. The maximum Gasteiger partial charge on any atom is 0.227 e. The summed E-state index contributed by atoms with van der Waals surface area (Å²) in [6.45, 7) is 3.64. The molecule has 0 saturated carbocycles. The van der Waals surface area contributed by atoms with Crippen molar-refractivity contribution in [3.8, 4) is 0 Å². The van der Waals surface area contributed by atoms with Gasteiger partial charge in [-0.1, -0.05) is 18.2 Å². The first-order valence-corrected chi connectivity index (χ1v) is 6.86. The lowest BCUT2D eigenvalue weighted by atomic mass is 10.1. The van der Waals surface area contributed by atoms with E-state index in [1.165, 1.54) is 0 Å². The molecular weight excluding hydrogens is 260 g/mol. The maximum absolute atomic E-state index is 11.8. The van der Waals surface area contributed by atoms with Crippen LogP contribution in [-0.2, 0) is 0 Å². The zero-order chi connectivity index (χ0) is 14.8. The molecular formula is C18H16N2O. The van der Waals surface area contributed by atoms with Crippen LogP contribution in [0.4, 0.5) is 0 Å². The van der Waals surface area contributed by atoms with Gasteiger partial charge in [-0.2, -0.15) is 0 Å². The molecule has 2 heterocycles. The van der Waals surface area contributed by atoms with Crippen LogP contribution in [-0.4, -0.2) is 15.5 Å². The third-order valence-corrected chi connectivity index (χ3v) is 3.59. The summed E-state index contributed by atoms with van der Waals surface area (Å²) in [4.78, 5) is 15.8. The fraction of sp³-hybridized carbons (Fsp3) is 0.111. The summed E-state index contributed by atoms with van der Waals surface area (Å²) in [6, 6.07) is 11.9. The Kier molecular flexibility index (Phi) is 3.40. The van der Waals surface area contributed by atoms with E-state index >= 15 is 0 Å². The number of carbonyl (C=O) groups excluding carboxylic acids is 1. The van der Waals surface area contributed by atoms with Gasteiger partial charge < -0.3 is 0 Å². The normalized spacial score (nSPS) is 11.8. The highest BCUT2D eigenvalue weighted by Crippen LogP contribution is 2.25. The number of para-hydroxylation sites is 1. The number of fused-ring (bicyclic) bond motifs is 1. The van der Waals surface area contributed by atoms with Crippen molar-refractivity contribution in [1.82, 2.24) is 9.55 Å². The van der Waals surface area contributed by atoms with Crippen molar-refractivity contribution in [3.63, 3.8) is 0 Å². The van der Waals surface area contributed by atoms with Crippen LogP contribution < -0.4 is 0 Å². The quantitative estimate of drug-likeness (QED) is 0.701. The van der Waals surface area contributed by atoms with E-state index in [9.17, 15) is 4.79 Å². The molecule has 3 aromatic rings. The average molecular weight is 276 g/mol. The van der Waals surface area contributed by atoms with Gasteiger partial charge in [-0.05, 0) is 42.3 Å². The van der Waals surface area contributed by atoms with Gasteiger partial charge in [0.25, 0.3) is 0 Å². The van der Waals surface area contributed by atoms with Crippen LogP contribution in [0, 0.1) is 0 Å². The van der Waals surface area contributed by atoms with Gasteiger partial charge in [0.15, 0.2) is 0 Å². The number of hydrogen-bond acceptors (Lipinski definition) is 2. The molecule has 0 aliphatic heterocycles. The molecule has 0 amide bonds. The van der Waals surface area contributed by atoms with Gasteiger partial charge in [0.2, 0.25) is 5.91 Å².